The van der Waals surface area contributed by atoms with Crippen LogP contribution >= 0.6 is 8.15 Å². The maximum Gasteiger partial charge on any atom is 0.170 e. The number of rotatable bonds is 0. The van der Waals surface area contributed by atoms with Crippen LogP contribution in [-0.4, -0.2) is 34.2 Å². The fraction of sp³-hybridized carbons (Fsp3) is 1.00. The van der Waals surface area contributed by atoms with Crippen LogP contribution < -0.4 is 0 Å². The summed E-state index contributed by atoms with van der Waals surface area (Å²) in [6, 6.07) is 0. The zero-order valence-corrected chi connectivity index (χ0v) is 11.6. The molecule has 1 N–H and O–H groups in total. The van der Waals surface area contributed by atoms with Gasteiger partial charge in [0.1, 0.15) is 0 Å². The number of hydrogen-bond acceptors (Lipinski definition) is 3. The molecule has 0 aromatic heterocycles. The van der Waals surface area contributed by atoms with Gasteiger partial charge in [-0.15, -0.1) is 0 Å². The minimum atomic E-state index is -0.989. The van der Waals surface area contributed by atoms with Crippen molar-refractivity contribution in [3.8, 4) is 0 Å². The summed E-state index contributed by atoms with van der Waals surface area (Å²) in [7, 11) is -0.989. The van der Waals surface area contributed by atoms with E-state index in [1.54, 1.807) is 0 Å². The van der Waals surface area contributed by atoms with Gasteiger partial charge in [0.05, 0.1) is 13.2 Å². The molecule has 2 aliphatic heterocycles. The second-order valence-electron chi connectivity index (χ2n) is 6.25. The van der Waals surface area contributed by atoms with Gasteiger partial charge in [-0.05, 0) is 6.42 Å². The summed E-state index contributed by atoms with van der Waals surface area (Å²) < 4.78 is 11.8. The molecular formula is C12H23O3P. The van der Waals surface area contributed by atoms with Gasteiger partial charge < -0.3 is 14.4 Å². The zero-order valence-electron chi connectivity index (χ0n) is 10.7. The molecule has 2 aliphatic rings. The van der Waals surface area contributed by atoms with Crippen LogP contribution in [0.5, 0.6) is 0 Å². The predicted octanol–water partition coefficient (Wildman–Crippen LogP) is 2.86. The molecule has 2 rings (SSSR count). The first-order valence-electron chi connectivity index (χ1n) is 6.05. The molecule has 2 fully saturated rings. The van der Waals surface area contributed by atoms with Crippen molar-refractivity contribution in [3.63, 3.8) is 0 Å². The fourth-order valence-corrected chi connectivity index (χ4v) is 5.59. The van der Waals surface area contributed by atoms with E-state index in [1.165, 1.54) is 0 Å². The predicted molar refractivity (Wildman–Crippen MR) is 65.8 cm³/mol. The van der Waals surface area contributed by atoms with E-state index in [2.05, 4.69) is 27.7 Å². The number of hydrogen-bond donors (Lipinski definition) is 1. The van der Waals surface area contributed by atoms with Gasteiger partial charge in [-0.3, -0.25) is 0 Å². The molecule has 4 heteroatoms. The van der Waals surface area contributed by atoms with E-state index in [1.807, 2.05) is 0 Å². The van der Waals surface area contributed by atoms with E-state index < -0.39 is 13.9 Å². The first-order valence-corrected chi connectivity index (χ1v) is 7.34. The Labute approximate surface area is 99.3 Å². The Hall–Kier alpha value is 0.310. The Morgan fingerprint density at radius 1 is 0.938 bits per heavy atom. The summed E-state index contributed by atoms with van der Waals surface area (Å²) in [6.07, 6.45) is 2.60. The summed E-state index contributed by atoms with van der Waals surface area (Å²) in [5, 5.41) is -0.178. The topological polar surface area (TPSA) is 38.7 Å². The van der Waals surface area contributed by atoms with Gasteiger partial charge in [0.25, 0.3) is 0 Å². The lowest BCUT2D eigenvalue weighted by Crippen LogP contribution is -2.54. The van der Waals surface area contributed by atoms with Crippen LogP contribution in [0.2, 0.25) is 0 Å². The van der Waals surface area contributed by atoms with E-state index >= 15 is 0 Å². The molecule has 0 amide bonds. The highest BCUT2D eigenvalue weighted by Crippen LogP contribution is 2.66. The Morgan fingerprint density at radius 3 is 1.81 bits per heavy atom. The highest BCUT2D eigenvalue weighted by molar-refractivity contribution is 7.55. The van der Waals surface area contributed by atoms with E-state index in [0.29, 0.717) is 0 Å². The lowest BCUT2D eigenvalue weighted by atomic mass is 9.91. The summed E-state index contributed by atoms with van der Waals surface area (Å²) >= 11 is 0. The Morgan fingerprint density at radius 2 is 1.38 bits per heavy atom. The molecular weight excluding hydrogens is 223 g/mol. The molecule has 0 aliphatic carbocycles. The molecule has 0 atom stereocenters. The molecule has 2 saturated heterocycles. The van der Waals surface area contributed by atoms with Crippen LogP contribution in [0, 0.1) is 0 Å². The van der Waals surface area contributed by atoms with Gasteiger partial charge in [-0.25, -0.2) is 0 Å². The second-order valence-corrected chi connectivity index (χ2v) is 9.30. The Bertz CT molecular complexity index is 249. The first-order chi connectivity index (χ1) is 7.28. The molecule has 1 spiro atoms. The van der Waals surface area contributed by atoms with Gasteiger partial charge in [-0.1, -0.05) is 27.7 Å². The minimum absolute atomic E-state index is 0.0889. The van der Waals surface area contributed by atoms with E-state index in [4.69, 9.17) is 9.47 Å². The third-order valence-corrected chi connectivity index (χ3v) is 6.18. The first kappa shape index (κ1) is 12.8. The molecule has 0 unspecified atom stereocenters. The lowest BCUT2D eigenvalue weighted by Gasteiger charge is -2.54. The molecule has 0 aromatic rings. The molecule has 0 saturated carbocycles. The van der Waals surface area contributed by atoms with Crippen LogP contribution in [0.3, 0.4) is 0 Å². The van der Waals surface area contributed by atoms with Crippen molar-refractivity contribution in [2.45, 2.75) is 63.1 Å². The largest absolute Gasteiger partial charge is 0.373 e. The van der Waals surface area contributed by atoms with Gasteiger partial charge in [-0.2, -0.15) is 0 Å². The van der Waals surface area contributed by atoms with Gasteiger partial charge in [0.2, 0.25) is 0 Å². The van der Waals surface area contributed by atoms with Crippen LogP contribution in [0.1, 0.15) is 47.0 Å². The average Bonchev–Trinajstić information content (AvgIpc) is 2.14. The highest BCUT2D eigenvalue weighted by Gasteiger charge is 2.55. The molecule has 3 nitrogen and oxygen atoms in total. The quantitative estimate of drug-likeness (QED) is 0.668. The van der Waals surface area contributed by atoms with Crippen molar-refractivity contribution in [3.05, 3.63) is 0 Å². The summed E-state index contributed by atoms with van der Waals surface area (Å²) in [5.74, 6) is -0.438. The molecule has 16 heavy (non-hydrogen) atoms. The van der Waals surface area contributed by atoms with Crippen molar-refractivity contribution in [2.75, 3.05) is 13.2 Å². The molecule has 0 aromatic carbocycles. The third kappa shape index (κ3) is 2.15. The van der Waals surface area contributed by atoms with E-state index in [-0.39, 0.29) is 10.3 Å². The highest BCUT2D eigenvalue weighted by atomic mass is 31.1. The van der Waals surface area contributed by atoms with Crippen molar-refractivity contribution in [1.29, 1.82) is 0 Å². The molecule has 0 radical (unpaired) electrons. The van der Waals surface area contributed by atoms with Crippen molar-refractivity contribution in [1.82, 2.24) is 0 Å². The Balaban J connectivity index is 2.24. The normalized spacial score (nSPS) is 32.8. The van der Waals surface area contributed by atoms with Crippen LogP contribution in [-0.2, 0) is 9.47 Å². The molecule has 2 heterocycles. The maximum atomic E-state index is 10.4. The van der Waals surface area contributed by atoms with Gasteiger partial charge in [0, 0.05) is 31.3 Å². The van der Waals surface area contributed by atoms with Gasteiger partial charge >= 0.3 is 0 Å². The van der Waals surface area contributed by atoms with Crippen molar-refractivity contribution >= 4 is 8.15 Å². The minimum Gasteiger partial charge on any atom is -0.373 e. The fourth-order valence-electron chi connectivity index (χ4n) is 3.17. The number of ether oxygens (including phenoxy) is 2. The van der Waals surface area contributed by atoms with Crippen LogP contribution in [0.15, 0.2) is 0 Å². The van der Waals surface area contributed by atoms with Crippen molar-refractivity contribution in [2.24, 2.45) is 0 Å². The monoisotopic (exact) mass is 246 g/mol. The summed E-state index contributed by atoms with van der Waals surface area (Å²) in [4.78, 5) is 10.4. The van der Waals surface area contributed by atoms with Gasteiger partial charge in [0.15, 0.2) is 5.79 Å². The van der Waals surface area contributed by atoms with Crippen molar-refractivity contribution < 1.29 is 14.4 Å². The molecule has 0 bridgehead atoms. The average molecular weight is 246 g/mol. The SMILES string of the molecule is CC1(C)CC2(CC(C)(C)P1O)OCCCO2. The van der Waals surface area contributed by atoms with E-state index in [9.17, 15) is 4.89 Å². The Kier molecular flexibility index (Phi) is 3.12. The van der Waals surface area contributed by atoms with Crippen LogP contribution in [0.4, 0.5) is 0 Å². The smallest absolute Gasteiger partial charge is 0.170 e. The van der Waals surface area contributed by atoms with Crippen LogP contribution in [0.25, 0.3) is 0 Å². The maximum absolute atomic E-state index is 10.4. The zero-order chi connectivity index (χ0) is 12.0. The second kappa shape index (κ2) is 3.91. The molecule has 94 valence electrons. The summed E-state index contributed by atoms with van der Waals surface area (Å²) in [6.45, 7) is 10.1. The third-order valence-electron chi connectivity index (χ3n) is 3.57. The standard InChI is InChI=1S/C12H23O3P/c1-10(2)8-12(14-6-5-7-15-12)9-11(3,4)16(10)13/h13H,5-9H2,1-4H3. The lowest BCUT2D eigenvalue weighted by molar-refractivity contribution is -0.281. The van der Waals surface area contributed by atoms with E-state index in [0.717, 1.165) is 32.5 Å². The summed E-state index contributed by atoms with van der Waals surface area (Å²) in [5.41, 5.74) is 0.